The van der Waals surface area contributed by atoms with Crippen LogP contribution in [-0.4, -0.2) is 10.9 Å². The second-order valence-electron chi connectivity index (χ2n) is 6.47. The first kappa shape index (κ1) is 19.7. The number of rotatable bonds is 4. The van der Waals surface area contributed by atoms with E-state index in [1.165, 1.54) is 17.6 Å². The zero-order chi connectivity index (χ0) is 20.4. The SMILES string of the molecule is Cc1nc(NC(=O)C2=Cc3ccccc3OC=C2)sc1Cc1ccc(Cl)c(Cl)c1. The van der Waals surface area contributed by atoms with Crippen LogP contribution in [0.15, 0.2) is 60.4 Å². The van der Waals surface area contributed by atoms with Crippen molar-refractivity contribution in [3.05, 3.63) is 92.1 Å². The summed E-state index contributed by atoms with van der Waals surface area (Å²) in [5, 5.41) is 4.49. The lowest BCUT2D eigenvalue weighted by Crippen LogP contribution is -2.12. The summed E-state index contributed by atoms with van der Waals surface area (Å²) in [5.41, 5.74) is 3.25. The quantitative estimate of drug-likeness (QED) is 0.517. The van der Waals surface area contributed by atoms with Gasteiger partial charge >= 0.3 is 0 Å². The van der Waals surface area contributed by atoms with Crippen molar-refractivity contribution >= 4 is 51.7 Å². The first-order chi connectivity index (χ1) is 14.0. The number of carbonyl (C=O) groups is 1. The number of amides is 1. The van der Waals surface area contributed by atoms with E-state index in [0.29, 0.717) is 32.9 Å². The first-order valence-corrected chi connectivity index (χ1v) is 10.4. The van der Waals surface area contributed by atoms with Crippen LogP contribution in [-0.2, 0) is 11.2 Å². The Bertz CT molecular complexity index is 1150. The molecule has 1 aliphatic heterocycles. The molecule has 0 bridgehead atoms. The monoisotopic (exact) mass is 442 g/mol. The molecule has 0 fully saturated rings. The van der Waals surface area contributed by atoms with Gasteiger partial charge in [0.1, 0.15) is 5.75 Å². The number of carbonyl (C=O) groups excluding carboxylic acids is 1. The van der Waals surface area contributed by atoms with Gasteiger partial charge in [0.05, 0.1) is 22.0 Å². The molecule has 2 heterocycles. The molecule has 1 N–H and O–H groups in total. The molecule has 4 nitrogen and oxygen atoms in total. The van der Waals surface area contributed by atoms with Crippen molar-refractivity contribution in [1.82, 2.24) is 4.98 Å². The lowest BCUT2D eigenvalue weighted by atomic mass is 10.1. The van der Waals surface area contributed by atoms with Crippen molar-refractivity contribution < 1.29 is 9.53 Å². The fourth-order valence-corrected chi connectivity index (χ4v) is 4.21. The highest BCUT2D eigenvalue weighted by atomic mass is 35.5. The maximum Gasteiger partial charge on any atom is 0.257 e. The van der Waals surface area contributed by atoms with Gasteiger partial charge in [0.25, 0.3) is 5.91 Å². The van der Waals surface area contributed by atoms with Crippen LogP contribution < -0.4 is 10.1 Å². The van der Waals surface area contributed by atoms with Gasteiger partial charge < -0.3 is 4.74 Å². The molecule has 0 radical (unpaired) electrons. The number of aryl methyl sites for hydroxylation is 1. The molecule has 0 saturated carbocycles. The molecule has 1 aliphatic rings. The predicted molar refractivity (Wildman–Crippen MR) is 119 cm³/mol. The molecular weight excluding hydrogens is 427 g/mol. The Morgan fingerprint density at radius 2 is 2.00 bits per heavy atom. The Labute approximate surface area is 182 Å². The molecule has 1 amide bonds. The van der Waals surface area contributed by atoms with Crippen LogP contribution in [0, 0.1) is 6.92 Å². The summed E-state index contributed by atoms with van der Waals surface area (Å²) in [4.78, 5) is 18.3. The van der Waals surface area contributed by atoms with E-state index in [2.05, 4.69) is 10.3 Å². The predicted octanol–water partition coefficient (Wildman–Crippen LogP) is 6.28. The van der Waals surface area contributed by atoms with Crippen LogP contribution >= 0.6 is 34.5 Å². The molecule has 0 saturated heterocycles. The Morgan fingerprint density at radius 3 is 2.83 bits per heavy atom. The molecule has 1 aromatic heterocycles. The highest BCUT2D eigenvalue weighted by Gasteiger charge is 2.15. The van der Waals surface area contributed by atoms with Gasteiger partial charge in [-0.1, -0.05) is 47.5 Å². The molecular formula is C22H16Cl2N2O2S. The number of nitrogens with one attached hydrogen (secondary N) is 1. The lowest BCUT2D eigenvalue weighted by molar-refractivity contribution is -0.112. The van der Waals surface area contributed by atoms with E-state index in [-0.39, 0.29) is 5.91 Å². The Balaban J connectivity index is 1.51. The van der Waals surface area contributed by atoms with Crippen molar-refractivity contribution in [3.8, 4) is 5.75 Å². The number of hydrogen-bond acceptors (Lipinski definition) is 4. The number of para-hydroxylation sites is 1. The number of ether oxygens (including phenoxy) is 1. The van der Waals surface area contributed by atoms with Crippen LogP contribution in [0.3, 0.4) is 0 Å². The molecule has 0 unspecified atom stereocenters. The first-order valence-electron chi connectivity index (χ1n) is 8.85. The number of halogens is 2. The Hall–Kier alpha value is -2.60. The molecule has 2 aromatic carbocycles. The number of anilines is 1. The third-order valence-corrected chi connectivity index (χ3v) is 6.21. The zero-order valence-corrected chi connectivity index (χ0v) is 17.7. The maximum absolute atomic E-state index is 12.7. The molecule has 0 aliphatic carbocycles. The fourth-order valence-electron chi connectivity index (χ4n) is 2.89. The minimum Gasteiger partial charge on any atom is -0.464 e. The fraction of sp³-hybridized carbons (Fsp3) is 0.0909. The van der Waals surface area contributed by atoms with Gasteiger partial charge in [0.2, 0.25) is 0 Å². The molecule has 146 valence electrons. The second kappa shape index (κ2) is 8.41. The third-order valence-electron chi connectivity index (χ3n) is 4.40. The summed E-state index contributed by atoms with van der Waals surface area (Å²) in [5.74, 6) is 0.469. The van der Waals surface area contributed by atoms with E-state index in [1.807, 2.05) is 43.3 Å². The Kier molecular flexibility index (Phi) is 5.72. The zero-order valence-electron chi connectivity index (χ0n) is 15.4. The molecule has 29 heavy (non-hydrogen) atoms. The average Bonchev–Trinajstić information content (AvgIpc) is 2.90. The van der Waals surface area contributed by atoms with Gasteiger partial charge in [-0.05, 0) is 42.8 Å². The van der Waals surface area contributed by atoms with Crippen molar-refractivity contribution in [1.29, 1.82) is 0 Å². The average molecular weight is 443 g/mol. The highest BCUT2D eigenvalue weighted by Crippen LogP contribution is 2.29. The number of benzene rings is 2. The standard InChI is InChI=1S/C22H16Cl2N2O2S/c1-13-20(11-14-6-7-17(23)18(24)10-14)29-22(25-13)26-21(27)16-8-9-28-19-5-3-2-4-15(19)12-16/h2-10,12H,11H2,1H3,(H,25,26,27). The van der Waals surface area contributed by atoms with Gasteiger partial charge in [0.15, 0.2) is 5.13 Å². The minimum absolute atomic E-state index is 0.239. The Morgan fingerprint density at radius 1 is 1.17 bits per heavy atom. The van der Waals surface area contributed by atoms with Gasteiger partial charge in [-0.25, -0.2) is 4.98 Å². The topological polar surface area (TPSA) is 51.2 Å². The normalized spacial score (nSPS) is 12.6. The third kappa shape index (κ3) is 4.53. The number of nitrogens with zero attached hydrogens (tertiary/aromatic N) is 1. The molecule has 3 aromatic rings. The summed E-state index contributed by atoms with van der Waals surface area (Å²) in [6.45, 7) is 1.92. The number of fused-ring (bicyclic) bond motifs is 1. The van der Waals surface area contributed by atoms with Crippen molar-refractivity contribution in [2.75, 3.05) is 5.32 Å². The van der Waals surface area contributed by atoms with Gasteiger partial charge in [-0.3, -0.25) is 10.1 Å². The van der Waals surface area contributed by atoms with Gasteiger partial charge in [-0.2, -0.15) is 0 Å². The van der Waals surface area contributed by atoms with E-state index in [1.54, 1.807) is 18.2 Å². The number of hydrogen-bond donors (Lipinski definition) is 1. The van der Waals surface area contributed by atoms with Crippen molar-refractivity contribution in [2.45, 2.75) is 13.3 Å². The minimum atomic E-state index is -0.239. The van der Waals surface area contributed by atoms with Gasteiger partial charge in [-0.15, -0.1) is 11.3 Å². The molecule has 0 atom stereocenters. The van der Waals surface area contributed by atoms with Crippen LogP contribution in [0.1, 0.15) is 21.7 Å². The lowest BCUT2D eigenvalue weighted by Gasteiger charge is -2.03. The maximum atomic E-state index is 12.7. The molecule has 0 spiro atoms. The van der Waals surface area contributed by atoms with E-state index >= 15 is 0 Å². The van der Waals surface area contributed by atoms with Crippen molar-refractivity contribution in [2.24, 2.45) is 0 Å². The van der Waals surface area contributed by atoms with Gasteiger partial charge in [0, 0.05) is 22.4 Å². The largest absolute Gasteiger partial charge is 0.464 e. The van der Waals surface area contributed by atoms with Crippen LogP contribution in [0.5, 0.6) is 5.75 Å². The van der Waals surface area contributed by atoms with Crippen molar-refractivity contribution in [3.63, 3.8) is 0 Å². The number of aromatic nitrogens is 1. The van der Waals surface area contributed by atoms with E-state index < -0.39 is 0 Å². The summed E-state index contributed by atoms with van der Waals surface area (Å²) >= 11 is 13.5. The molecule has 7 heteroatoms. The summed E-state index contributed by atoms with van der Waals surface area (Å²) in [7, 11) is 0. The van der Waals surface area contributed by atoms with Crippen LogP contribution in [0.25, 0.3) is 6.08 Å². The van der Waals surface area contributed by atoms with E-state index in [9.17, 15) is 4.79 Å². The second-order valence-corrected chi connectivity index (χ2v) is 8.36. The highest BCUT2D eigenvalue weighted by molar-refractivity contribution is 7.15. The van der Waals surface area contributed by atoms with Crippen LogP contribution in [0.4, 0.5) is 5.13 Å². The number of thiazole rings is 1. The van der Waals surface area contributed by atoms with E-state index in [0.717, 1.165) is 21.7 Å². The summed E-state index contributed by atoms with van der Waals surface area (Å²) < 4.78 is 5.54. The van der Waals surface area contributed by atoms with Crippen LogP contribution in [0.2, 0.25) is 10.0 Å². The summed E-state index contributed by atoms with van der Waals surface area (Å²) in [6, 6.07) is 13.1. The smallest absolute Gasteiger partial charge is 0.257 e. The summed E-state index contributed by atoms with van der Waals surface area (Å²) in [6.07, 6.45) is 5.62. The van der Waals surface area contributed by atoms with E-state index in [4.69, 9.17) is 27.9 Å². The molecule has 4 rings (SSSR count).